The van der Waals surface area contributed by atoms with Crippen LogP contribution in [0.2, 0.25) is 0 Å². The zero-order chi connectivity index (χ0) is 17.5. The number of carboxylic acid groups (broad SMARTS) is 1. The van der Waals surface area contributed by atoms with Gasteiger partial charge in [0, 0.05) is 5.56 Å². The van der Waals surface area contributed by atoms with E-state index < -0.39 is 28.4 Å². The Hall–Kier alpha value is -2.04. The minimum atomic E-state index is -5.57. The Labute approximate surface area is 133 Å². The zero-order valence-corrected chi connectivity index (χ0v) is 12.9. The van der Waals surface area contributed by atoms with Gasteiger partial charge in [-0.3, -0.25) is 4.79 Å². The Kier molecular flexibility index (Phi) is 7.07. The number of halogens is 1. The summed E-state index contributed by atoms with van der Waals surface area (Å²) in [6.45, 7) is 0.293. The number of rotatable bonds is 9. The summed E-state index contributed by atoms with van der Waals surface area (Å²) in [6.07, 6.45) is 0.613. The van der Waals surface area contributed by atoms with Crippen LogP contribution in [0.1, 0.15) is 29.6 Å². The largest absolute Gasteiger partial charge is 0.480 e. The Morgan fingerprint density at radius 3 is 2.35 bits per heavy atom. The van der Waals surface area contributed by atoms with Crippen LogP contribution in [0.4, 0.5) is 3.89 Å². The van der Waals surface area contributed by atoms with Crippen LogP contribution in [0.3, 0.4) is 0 Å². The molecule has 1 rings (SSSR count). The molecule has 128 valence electrons. The molecule has 0 radical (unpaired) electrons. The maximum absolute atomic E-state index is 12.9. The fourth-order valence-electron chi connectivity index (χ4n) is 1.85. The highest BCUT2D eigenvalue weighted by atomic mass is 32.3. The summed E-state index contributed by atoms with van der Waals surface area (Å²) in [5.74, 6) is -2.60. The molecule has 0 heterocycles. The second-order valence-electron chi connectivity index (χ2n) is 4.60. The predicted octanol–water partition coefficient (Wildman–Crippen LogP) is 0.857. The van der Waals surface area contributed by atoms with E-state index in [1.165, 1.54) is 24.3 Å². The molecule has 0 saturated carbocycles. The first-order chi connectivity index (χ1) is 10.8. The van der Waals surface area contributed by atoms with Gasteiger partial charge in [-0.15, -0.1) is 4.28 Å². The van der Waals surface area contributed by atoms with E-state index in [4.69, 9.17) is 5.73 Å². The summed E-state index contributed by atoms with van der Waals surface area (Å²) in [4.78, 5) is 23.6. The number of hydrogen-bond acceptors (Lipinski definition) is 6. The number of nitrogens with two attached hydrogens (primary N) is 1. The van der Waals surface area contributed by atoms with Crippen LogP contribution in [-0.2, 0) is 19.6 Å². The Balaban J connectivity index is 3.10. The molecule has 0 aromatic heterocycles. The number of aliphatic carboxylic acids is 1. The molecule has 0 aliphatic carbocycles. The number of amides is 1. The van der Waals surface area contributed by atoms with Crippen LogP contribution >= 0.6 is 0 Å². The van der Waals surface area contributed by atoms with Gasteiger partial charge in [0.05, 0.1) is 0 Å². The molecule has 8 nitrogen and oxygen atoms in total. The second-order valence-corrected chi connectivity index (χ2v) is 5.54. The van der Waals surface area contributed by atoms with Crippen LogP contribution in [0.15, 0.2) is 30.3 Å². The van der Waals surface area contributed by atoms with Crippen LogP contribution in [0, 0.1) is 0 Å². The molecule has 0 aliphatic heterocycles. The molecule has 0 aliphatic rings. The molecule has 10 heteroatoms. The third kappa shape index (κ3) is 6.30. The molecular weight excluding hydrogens is 331 g/mol. The molecule has 23 heavy (non-hydrogen) atoms. The molecule has 0 spiro atoms. The standard InChI is InChI=1S/C13H17FN2O6S/c14-23(20,21)22-16(11(13(18)19)8-4-5-9-15)12(17)10-6-2-1-3-7-10/h1-3,6-7,11H,4-5,8-9,15H2,(H,18,19)/t11-/m0/s1. The average Bonchev–Trinajstić information content (AvgIpc) is 2.48. The zero-order valence-electron chi connectivity index (χ0n) is 12.1. The fourth-order valence-corrected chi connectivity index (χ4v) is 2.22. The van der Waals surface area contributed by atoms with Gasteiger partial charge in [-0.1, -0.05) is 22.1 Å². The Morgan fingerprint density at radius 1 is 1.26 bits per heavy atom. The van der Waals surface area contributed by atoms with E-state index in [1.54, 1.807) is 6.07 Å². The van der Waals surface area contributed by atoms with Gasteiger partial charge in [-0.2, -0.15) is 13.5 Å². The first kappa shape index (κ1) is 19.0. The number of carboxylic acids is 1. The summed E-state index contributed by atoms with van der Waals surface area (Å²) in [6, 6.07) is 5.55. The quantitative estimate of drug-likeness (QED) is 0.385. The second kappa shape index (κ2) is 8.56. The van der Waals surface area contributed by atoms with Gasteiger partial charge >= 0.3 is 16.5 Å². The lowest BCUT2D eigenvalue weighted by atomic mass is 10.1. The highest BCUT2D eigenvalue weighted by molar-refractivity contribution is 7.81. The van der Waals surface area contributed by atoms with Crippen LogP contribution in [-0.4, -0.2) is 43.1 Å². The van der Waals surface area contributed by atoms with E-state index in [0.717, 1.165) is 0 Å². The molecule has 1 aromatic rings. The van der Waals surface area contributed by atoms with E-state index in [1.807, 2.05) is 0 Å². The van der Waals surface area contributed by atoms with Gasteiger partial charge in [-0.25, -0.2) is 4.79 Å². The predicted molar refractivity (Wildman–Crippen MR) is 78.1 cm³/mol. The van der Waals surface area contributed by atoms with E-state index in [2.05, 4.69) is 4.28 Å². The van der Waals surface area contributed by atoms with Gasteiger partial charge in [0.25, 0.3) is 5.91 Å². The lowest BCUT2D eigenvalue weighted by Crippen LogP contribution is -2.45. The lowest BCUT2D eigenvalue weighted by Gasteiger charge is -2.25. The van der Waals surface area contributed by atoms with E-state index in [-0.39, 0.29) is 17.0 Å². The minimum absolute atomic E-state index is 0.0313. The van der Waals surface area contributed by atoms with E-state index in [0.29, 0.717) is 19.4 Å². The fraction of sp³-hybridized carbons (Fsp3) is 0.385. The average molecular weight is 348 g/mol. The molecule has 1 amide bonds. The number of carbonyl (C=O) groups excluding carboxylic acids is 1. The number of nitrogens with zero attached hydrogens (tertiary/aromatic N) is 1. The Bertz CT molecular complexity index is 637. The smallest absolute Gasteiger partial charge is 0.459 e. The maximum Gasteiger partial charge on any atom is 0.459 e. The van der Waals surface area contributed by atoms with Gasteiger partial charge in [0.1, 0.15) is 0 Å². The van der Waals surface area contributed by atoms with Crippen molar-refractivity contribution in [1.82, 2.24) is 5.06 Å². The summed E-state index contributed by atoms with van der Waals surface area (Å²) in [5.41, 5.74) is 5.26. The SMILES string of the molecule is NCCCC[C@@H](C(=O)O)N(OS(=O)(=O)F)C(=O)c1ccccc1. The van der Waals surface area contributed by atoms with E-state index >= 15 is 0 Å². The molecule has 0 unspecified atom stereocenters. The number of unbranched alkanes of at least 4 members (excludes halogenated alkanes) is 1. The third-order valence-electron chi connectivity index (χ3n) is 2.89. The number of hydrogen-bond donors (Lipinski definition) is 2. The molecule has 0 saturated heterocycles. The normalized spacial score (nSPS) is 12.6. The highest BCUT2D eigenvalue weighted by Gasteiger charge is 2.35. The van der Waals surface area contributed by atoms with E-state index in [9.17, 15) is 27.0 Å². The first-order valence-corrected chi connectivity index (χ1v) is 8.03. The van der Waals surface area contributed by atoms with Crippen molar-refractivity contribution in [1.29, 1.82) is 0 Å². The highest BCUT2D eigenvalue weighted by Crippen LogP contribution is 2.17. The van der Waals surface area contributed by atoms with Crippen LogP contribution in [0.5, 0.6) is 0 Å². The summed E-state index contributed by atoms with van der Waals surface area (Å²) in [7, 11) is -5.57. The number of carbonyl (C=O) groups is 2. The van der Waals surface area contributed by atoms with Crippen molar-refractivity contribution in [3.63, 3.8) is 0 Å². The molecule has 0 bridgehead atoms. The van der Waals surface area contributed by atoms with Crippen molar-refractivity contribution in [2.75, 3.05) is 6.54 Å². The van der Waals surface area contributed by atoms with Gasteiger partial charge in [0.2, 0.25) is 0 Å². The lowest BCUT2D eigenvalue weighted by molar-refractivity contribution is -0.153. The number of benzene rings is 1. The van der Waals surface area contributed by atoms with Gasteiger partial charge in [-0.05, 0) is 37.9 Å². The topological polar surface area (TPSA) is 127 Å². The number of hydroxylamine groups is 2. The van der Waals surface area contributed by atoms with Crippen LogP contribution in [0.25, 0.3) is 0 Å². The Morgan fingerprint density at radius 2 is 1.87 bits per heavy atom. The molecule has 1 aromatic carbocycles. The first-order valence-electron chi connectivity index (χ1n) is 6.72. The van der Waals surface area contributed by atoms with Gasteiger partial charge < -0.3 is 10.8 Å². The van der Waals surface area contributed by atoms with Crippen molar-refractivity contribution >= 4 is 22.4 Å². The van der Waals surface area contributed by atoms with Gasteiger partial charge in [0.15, 0.2) is 6.04 Å². The molecule has 3 N–H and O–H groups in total. The monoisotopic (exact) mass is 348 g/mol. The summed E-state index contributed by atoms with van der Waals surface area (Å²) >= 11 is 0. The molecular formula is C13H17FN2O6S. The maximum atomic E-state index is 12.9. The van der Waals surface area contributed by atoms with Crippen molar-refractivity contribution in [2.24, 2.45) is 5.73 Å². The van der Waals surface area contributed by atoms with Crippen molar-refractivity contribution in [3.8, 4) is 0 Å². The van der Waals surface area contributed by atoms with Crippen molar-refractivity contribution in [2.45, 2.75) is 25.3 Å². The summed E-state index contributed by atoms with van der Waals surface area (Å²) in [5, 5.41) is 9.24. The minimum Gasteiger partial charge on any atom is -0.480 e. The summed E-state index contributed by atoms with van der Waals surface area (Å²) < 4.78 is 38.3. The van der Waals surface area contributed by atoms with Crippen molar-refractivity contribution in [3.05, 3.63) is 35.9 Å². The third-order valence-corrected chi connectivity index (χ3v) is 3.23. The van der Waals surface area contributed by atoms with Crippen LogP contribution < -0.4 is 5.73 Å². The van der Waals surface area contributed by atoms with Crippen molar-refractivity contribution < 1.29 is 31.3 Å². The molecule has 0 fully saturated rings. The molecule has 1 atom stereocenters.